The zero-order chi connectivity index (χ0) is 14.4. The predicted octanol–water partition coefficient (Wildman–Crippen LogP) is 4.24. The molecule has 0 fully saturated rings. The zero-order valence-corrected chi connectivity index (χ0v) is 12.3. The first-order chi connectivity index (χ1) is 8.75. The van der Waals surface area contributed by atoms with E-state index in [1.54, 1.807) is 13.8 Å². The van der Waals surface area contributed by atoms with E-state index in [-0.39, 0.29) is 6.04 Å². The Kier molecular flexibility index (Phi) is 3.35. The van der Waals surface area contributed by atoms with Crippen molar-refractivity contribution in [1.82, 2.24) is 4.57 Å². The minimum Gasteiger partial charge on any atom is -0.481 e. The summed E-state index contributed by atoms with van der Waals surface area (Å²) in [5.41, 5.74) is 0.881. The van der Waals surface area contributed by atoms with E-state index in [0.717, 1.165) is 16.6 Å². The summed E-state index contributed by atoms with van der Waals surface area (Å²) < 4.78 is 2.07. The van der Waals surface area contributed by atoms with Crippen molar-refractivity contribution in [2.45, 2.75) is 39.2 Å². The Bertz CT molecular complexity index is 641. The number of benzene rings is 1. The fraction of sp³-hybridized carbons (Fsp3) is 0.400. The summed E-state index contributed by atoms with van der Waals surface area (Å²) in [7, 11) is 0. The van der Waals surface area contributed by atoms with Gasteiger partial charge in [0.05, 0.1) is 0 Å². The molecular weight excluding hydrogens is 262 g/mol. The molecule has 1 heterocycles. The van der Waals surface area contributed by atoms with Crippen LogP contribution < -0.4 is 0 Å². The molecular formula is C15H18ClNO2. The monoisotopic (exact) mass is 279 g/mol. The molecule has 0 spiro atoms. The number of rotatable bonds is 3. The van der Waals surface area contributed by atoms with Crippen LogP contribution in [0.5, 0.6) is 0 Å². The number of nitrogens with zero attached hydrogens (tertiary/aromatic N) is 1. The number of hydrogen-bond donors (Lipinski definition) is 1. The SMILES string of the molecule is CC(C)n1c(C(C)(C)C(=O)O)cc2cc(Cl)ccc21. The maximum Gasteiger partial charge on any atom is 0.315 e. The lowest BCUT2D eigenvalue weighted by Gasteiger charge is -2.24. The third-order valence-electron chi connectivity index (χ3n) is 3.49. The van der Waals surface area contributed by atoms with Crippen LogP contribution in [0.15, 0.2) is 24.3 Å². The van der Waals surface area contributed by atoms with Gasteiger partial charge < -0.3 is 9.67 Å². The average Bonchev–Trinajstić information content (AvgIpc) is 2.67. The lowest BCUT2D eigenvalue weighted by Crippen LogP contribution is -2.31. The normalized spacial score (nSPS) is 12.3. The molecule has 0 aliphatic rings. The molecule has 0 aliphatic carbocycles. The Morgan fingerprint density at radius 1 is 1.32 bits per heavy atom. The van der Waals surface area contributed by atoms with Gasteiger partial charge in [-0.15, -0.1) is 0 Å². The molecule has 0 unspecified atom stereocenters. The molecule has 19 heavy (non-hydrogen) atoms. The molecule has 0 amide bonds. The topological polar surface area (TPSA) is 42.2 Å². The summed E-state index contributed by atoms with van der Waals surface area (Å²) in [5, 5.41) is 11.1. The number of carboxylic acids is 1. The summed E-state index contributed by atoms with van der Waals surface area (Å²) in [5.74, 6) is -0.830. The molecule has 3 nitrogen and oxygen atoms in total. The van der Waals surface area contributed by atoms with Crippen LogP contribution >= 0.6 is 11.6 Å². The second-order valence-electron chi connectivity index (χ2n) is 5.63. The molecule has 1 N–H and O–H groups in total. The van der Waals surface area contributed by atoms with Crippen LogP contribution in [-0.2, 0) is 10.2 Å². The van der Waals surface area contributed by atoms with E-state index < -0.39 is 11.4 Å². The maximum atomic E-state index is 11.5. The molecule has 102 valence electrons. The van der Waals surface area contributed by atoms with Crippen LogP contribution in [0.25, 0.3) is 10.9 Å². The molecule has 0 bridgehead atoms. The second kappa shape index (κ2) is 4.57. The standard InChI is InChI=1S/C15H18ClNO2/c1-9(2)17-12-6-5-11(16)7-10(12)8-13(17)15(3,4)14(18)19/h5-9H,1-4H3,(H,18,19). The molecule has 0 atom stereocenters. The summed E-state index contributed by atoms with van der Waals surface area (Å²) in [4.78, 5) is 11.5. The highest BCUT2D eigenvalue weighted by molar-refractivity contribution is 6.31. The van der Waals surface area contributed by atoms with Gasteiger partial charge >= 0.3 is 5.97 Å². The number of aliphatic carboxylic acids is 1. The molecule has 0 saturated heterocycles. The van der Waals surface area contributed by atoms with E-state index in [0.29, 0.717) is 5.02 Å². The van der Waals surface area contributed by atoms with Crippen molar-refractivity contribution in [1.29, 1.82) is 0 Å². The highest BCUT2D eigenvalue weighted by atomic mass is 35.5. The van der Waals surface area contributed by atoms with Crippen molar-refractivity contribution in [3.8, 4) is 0 Å². The van der Waals surface area contributed by atoms with E-state index in [1.165, 1.54) is 0 Å². The fourth-order valence-corrected chi connectivity index (χ4v) is 2.53. The van der Waals surface area contributed by atoms with Crippen LogP contribution in [0.2, 0.25) is 5.02 Å². The largest absolute Gasteiger partial charge is 0.481 e. The van der Waals surface area contributed by atoms with Gasteiger partial charge in [0.25, 0.3) is 0 Å². The van der Waals surface area contributed by atoms with Crippen LogP contribution in [0.1, 0.15) is 39.4 Å². The van der Waals surface area contributed by atoms with Crippen molar-refractivity contribution in [2.24, 2.45) is 0 Å². The number of aromatic nitrogens is 1. The third kappa shape index (κ3) is 2.23. The Labute approximate surface area is 117 Å². The molecule has 2 aromatic rings. The number of halogens is 1. The Morgan fingerprint density at radius 3 is 2.47 bits per heavy atom. The van der Waals surface area contributed by atoms with Crippen LogP contribution in [0, 0.1) is 0 Å². The van der Waals surface area contributed by atoms with Crippen molar-refractivity contribution < 1.29 is 9.90 Å². The Balaban J connectivity index is 2.80. The molecule has 1 aromatic carbocycles. The van der Waals surface area contributed by atoms with Crippen LogP contribution in [-0.4, -0.2) is 15.6 Å². The van der Waals surface area contributed by atoms with Gasteiger partial charge in [-0.3, -0.25) is 4.79 Å². The zero-order valence-electron chi connectivity index (χ0n) is 11.6. The van der Waals surface area contributed by atoms with E-state index in [1.807, 2.05) is 24.3 Å². The van der Waals surface area contributed by atoms with Crippen LogP contribution in [0.4, 0.5) is 0 Å². The van der Waals surface area contributed by atoms with Crippen molar-refractivity contribution in [3.05, 3.63) is 35.0 Å². The molecule has 0 aliphatic heterocycles. The van der Waals surface area contributed by atoms with Crippen molar-refractivity contribution in [3.63, 3.8) is 0 Å². The Morgan fingerprint density at radius 2 is 1.95 bits per heavy atom. The third-order valence-corrected chi connectivity index (χ3v) is 3.73. The smallest absolute Gasteiger partial charge is 0.315 e. The molecule has 0 saturated carbocycles. The van der Waals surface area contributed by atoms with Gasteiger partial charge in [0.15, 0.2) is 0 Å². The fourth-order valence-electron chi connectivity index (χ4n) is 2.35. The molecule has 1 aromatic heterocycles. The van der Waals surface area contributed by atoms with Gasteiger partial charge in [0.2, 0.25) is 0 Å². The predicted molar refractivity (Wildman–Crippen MR) is 78.0 cm³/mol. The van der Waals surface area contributed by atoms with Gasteiger partial charge in [0, 0.05) is 27.7 Å². The lowest BCUT2D eigenvalue weighted by atomic mass is 9.89. The molecule has 2 rings (SSSR count). The van der Waals surface area contributed by atoms with Gasteiger partial charge in [-0.05, 0) is 52.0 Å². The number of fused-ring (bicyclic) bond motifs is 1. The maximum absolute atomic E-state index is 11.5. The average molecular weight is 280 g/mol. The van der Waals surface area contributed by atoms with Crippen molar-refractivity contribution >= 4 is 28.5 Å². The summed E-state index contributed by atoms with van der Waals surface area (Å²) in [6, 6.07) is 7.76. The van der Waals surface area contributed by atoms with Crippen molar-refractivity contribution in [2.75, 3.05) is 0 Å². The first-order valence-corrected chi connectivity index (χ1v) is 6.67. The first-order valence-electron chi connectivity index (χ1n) is 6.29. The summed E-state index contributed by atoms with van der Waals surface area (Å²) in [6.45, 7) is 7.55. The molecule has 0 radical (unpaired) electrons. The number of carbonyl (C=O) groups is 1. The second-order valence-corrected chi connectivity index (χ2v) is 6.06. The lowest BCUT2D eigenvalue weighted by molar-refractivity contribution is -0.142. The summed E-state index contributed by atoms with van der Waals surface area (Å²) in [6.07, 6.45) is 0. The van der Waals surface area contributed by atoms with Gasteiger partial charge in [-0.1, -0.05) is 11.6 Å². The highest BCUT2D eigenvalue weighted by Crippen LogP contribution is 2.33. The van der Waals surface area contributed by atoms with E-state index in [4.69, 9.17) is 11.6 Å². The van der Waals surface area contributed by atoms with E-state index >= 15 is 0 Å². The van der Waals surface area contributed by atoms with E-state index in [9.17, 15) is 9.90 Å². The van der Waals surface area contributed by atoms with E-state index in [2.05, 4.69) is 18.4 Å². The first kappa shape index (κ1) is 13.9. The number of hydrogen-bond acceptors (Lipinski definition) is 1. The van der Waals surface area contributed by atoms with Crippen LogP contribution in [0.3, 0.4) is 0 Å². The van der Waals surface area contributed by atoms with Gasteiger partial charge in [-0.2, -0.15) is 0 Å². The Hall–Kier alpha value is -1.48. The minimum absolute atomic E-state index is 0.187. The molecule has 4 heteroatoms. The van der Waals surface area contributed by atoms with Gasteiger partial charge in [-0.25, -0.2) is 0 Å². The van der Waals surface area contributed by atoms with Gasteiger partial charge in [0.1, 0.15) is 5.41 Å². The summed E-state index contributed by atoms with van der Waals surface area (Å²) >= 11 is 6.01. The minimum atomic E-state index is -0.935. The highest BCUT2D eigenvalue weighted by Gasteiger charge is 2.34. The quantitative estimate of drug-likeness (QED) is 0.913. The number of carboxylic acid groups (broad SMARTS) is 1.